The van der Waals surface area contributed by atoms with E-state index in [0.29, 0.717) is 18.7 Å². The third-order valence-corrected chi connectivity index (χ3v) is 8.04. The van der Waals surface area contributed by atoms with Gasteiger partial charge < -0.3 is 10.2 Å². The topological polar surface area (TPSA) is 86.8 Å². The number of halogens is 1. The van der Waals surface area contributed by atoms with Crippen molar-refractivity contribution in [2.45, 2.75) is 45.7 Å². The number of rotatable bonds is 13. The second kappa shape index (κ2) is 14.3. The molecule has 7 nitrogen and oxygen atoms in total. The zero-order valence-corrected chi connectivity index (χ0v) is 25.0. The van der Waals surface area contributed by atoms with Gasteiger partial charge >= 0.3 is 0 Å². The van der Waals surface area contributed by atoms with Crippen molar-refractivity contribution in [1.82, 2.24) is 10.2 Å². The minimum Gasteiger partial charge on any atom is -0.354 e. The number of aryl methyl sites for hydroxylation is 1. The lowest BCUT2D eigenvalue weighted by Crippen LogP contribution is -2.53. The van der Waals surface area contributed by atoms with Crippen molar-refractivity contribution in [2.24, 2.45) is 0 Å². The van der Waals surface area contributed by atoms with Gasteiger partial charge in [0.15, 0.2) is 0 Å². The van der Waals surface area contributed by atoms with Crippen molar-refractivity contribution >= 4 is 43.5 Å². The van der Waals surface area contributed by atoms with Gasteiger partial charge in [-0.2, -0.15) is 0 Å². The van der Waals surface area contributed by atoms with Crippen molar-refractivity contribution in [3.8, 4) is 0 Å². The van der Waals surface area contributed by atoms with E-state index in [1.165, 1.54) is 4.90 Å². The maximum Gasteiger partial charge on any atom is 0.244 e. The van der Waals surface area contributed by atoms with Crippen LogP contribution >= 0.6 is 15.9 Å². The number of carbonyl (C=O) groups excluding carboxylic acids is 2. The number of carbonyl (C=O) groups is 2. The van der Waals surface area contributed by atoms with E-state index in [1.54, 1.807) is 24.3 Å². The van der Waals surface area contributed by atoms with Crippen LogP contribution in [0.1, 0.15) is 36.5 Å². The lowest BCUT2D eigenvalue weighted by molar-refractivity contribution is -0.140. The van der Waals surface area contributed by atoms with Gasteiger partial charge in [0.05, 0.1) is 11.9 Å². The highest BCUT2D eigenvalue weighted by atomic mass is 79.9. The van der Waals surface area contributed by atoms with Gasteiger partial charge in [0.2, 0.25) is 21.8 Å². The van der Waals surface area contributed by atoms with E-state index >= 15 is 0 Å². The molecule has 0 aromatic heterocycles. The Bertz CT molecular complexity index is 1330. The van der Waals surface area contributed by atoms with E-state index in [1.807, 2.05) is 68.4 Å². The molecule has 0 aliphatic rings. The zero-order valence-electron chi connectivity index (χ0n) is 22.6. The summed E-state index contributed by atoms with van der Waals surface area (Å²) in [6.45, 7) is 4.26. The summed E-state index contributed by atoms with van der Waals surface area (Å²) in [6.07, 6.45) is 3.12. The number of sulfonamides is 1. The Kier molecular flexibility index (Phi) is 11.1. The molecule has 9 heteroatoms. The smallest absolute Gasteiger partial charge is 0.244 e. The first-order valence-electron chi connectivity index (χ1n) is 13.0. The molecule has 3 aromatic rings. The molecule has 0 aliphatic carbocycles. The summed E-state index contributed by atoms with van der Waals surface area (Å²) in [6, 6.07) is 23.2. The Balaban J connectivity index is 2.01. The highest BCUT2D eigenvalue weighted by molar-refractivity contribution is 9.10. The number of unbranched alkanes of at least 4 members (excludes halogenated alkanes) is 1. The summed E-state index contributed by atoms with van der Waals surface area (Å²) in [7, 11) is -3.79. The normalized spacial score (nSPS) is 12.0. The quantitative estimate of drug-likeness (QED) is 0.272. The molecule has 208 valence electrons. The summed E-state index contributed by atoms with van der Waals surface area (Å²) in [5, 5.41) is 2.99. The third kappa shape index (κ3) is 9.21. The van der Waals surface area contributed by atoms with Crippen molar-refractivity contribution < 1.29 is 18.0 Å². The largest absolute Gasteiger partial charge is 0.354 e. The summed E-state index contributed by atoms with van der Waals surface area (Å²) in [4.78, 5) is 29.1. The van der Waals surface area contributed by atoms with Gasteiger partial charge in [0.25, 0.3) is 0 Å². The third-order valence-electron chi connectivity index (χ3n) is 6.37. The Morgan fingerprint density at radius 3 is 2.15 bits per heavy atom. The van der Waals surface area contributed by atoms with Gasteiger partial charge in [-0.15, -0.1) is 0 Å². The highest BCUT2D eigenvalue weighted by Crippen LogP contribution is 2.22. The highest BCUT2D eigenvalue weighted by Gasteiger charge is 2.32. The van der Waals surface area contributed by atoms with Crippen LogP contribution in [0.5, 0.6) is 0 Å². The zero-order chi connectivity index (χ0) is 28.4. The van der Waals surface area contributed by atoms with Crippen molar-refractivity contribution in [3.05, 3.63) is 100 Å². The lowest BCUT2D eigenvalue weighted by atomic mass is 10.0. The van der Waals surface area contributed by atoms with Crippen molar-refractivity contribution in [3.63, 3.8) is 0 Å². The molecule has 2 amide bonds. The summed E-state index contributed by atoms with van der Waals surface area (Å²) in [5.74, 6) is -0.724. The van der Waals surface area contributed by atoms with Crippen LogP contribution in [0.4, 0.5) is 5.69 Å². The van der Waals surface area contributed by atoms with E-state index in [-0.39, 0.29) is 12.5 Å². The molecule has 1 atom stereocenters. The average Bonchev–Trinajstić information content (AvgIpc) is 2.91. The molecule has 0 radical (unpaired) electrons. The van der Waals surface area contributed by atoms with Crippen molar-refractivity contribution in [1.29, 1.82) is 0 Å². The Morgan fingerprint density at radius 2 is 1.56 bits per heavy atom. The van der Waals surface area contributed by atoms with Gasteiger partial charge in [-0.3, -0.25) is 13.9 Å². The molecule has 3 rings (SSSR count). The Morgan fingerprint density at radius 1 is 0.923 bits per heavy atom. The van der Waals surface area contributed by atoms with E-state index in [0.717, 1.165) is 44.6 Å². The van der Waals surface area contributed by atoms with Crippen molar-refractivity contribution in [2.75, 3.05) is 23.7 Å². The van der Waals surface area contributed by atoms with E-state index in [4.69, 9.17) is 0 Å². The number of hydrogen-bond donors (Lipinski definition) is 1. The standard InChI is InChI=1S/C30H36BrN3O4S/c1-4-5-19-32-30(36)28(20-24-9-7-6-8-10-24)33(21-25-13-11-23(2)12-14-25)29(35)22-34(39(3,37)38)27-17-15-26(31)16-18-27/h6-18,28H,4-5,19-22H2,1-3H3,(H,32,36). The molecule has 0 saturated heterocycles. The molecule has 1 N–H and O–H groups in total. The first-order chi connectivity index (χ1) is 18.6. The Labute approximate surface area is 240 Å². The van der Waals surface area contributed by atoms with E-state index < -0.39 is 28.5 Å². The number of anilines is 1. The summed E-state index contributed by atoms with van der Waals surface area (Å²) in [5.41, 5.74) is 3.20. The number of nitrogens with one attached hydrogen (secondary N) is 1. The second-order valence-electron chi connectivity index (χ2n) is 9.60. The minimum atomic E-state index is -3.79. The Hall–Kier alpha value is -3.17. The SMILES string of the molecule is CCCCNC(=O)C(Cc1ccccc1)N(Cc1ccc(C)cc1)C(=O)CN(c1ccc(Br)cc1)S(C)(=O)=O. The van der Waals surface area contributed by atoms with Gasteiger partial charge in [-0.05, 0) is 48.7 Å². The molecule has 0 spiro atoms. The van der Waals surface area contributed by atoms with E-state index in [2.05, 4.69) is 21.2 Å². The maximum absolute atomic E-state index is 14.0. The van der Waals surface area contributed by atoms with Crippen LogP contribution in [0.2, 0.25) is 0 Å². The number of benzene rings is 3. The predicted octanol–water partition coefficient (Wildman–Crippen LogP) is 5.08. The minimum absolute atomic E-state index is 0.162. The fourth-order valence-corrected chi connectivity index (χ4v) is 5.29. The van der Waals surface area contributed by atoms with Gasteiger partial charge in [0, 0.05) is 24.0 Å². The summed E-state index contributed by atoms with van der Waals surface area (Å²) >= 11 is 3.37. The molecular weight excluding hydrogens is 578 g/mol. The molecule has 0 heterocycles. The molecular formula is C30H36BrN3O4S. The molecule has 0 aliphatic heterocycles. The fraction of sp³-hybridized carbons (Fsp3) is 0.333. The molecule has 3 aromatic carbocycles. The van der Waals surface area contributed by atoms with Gasteiger partial charge in [-0.25, -0.2) is 8.42 Å². The van der Waals surface area contributed by atoms with Crippen LogP contribution in [-0.2, 0) is 32.6 Å². The molecule has 0 saturated carbocycles. The number of amides is 2. The first kappa shape index (κ1) is 30.4. The lowest BCUT2D eigenvalue weighted by Gasteiger charge is -2.33. The maximum atomic E-state index is 14.0. The van der Waals surface area contributed by atoms with Gasteiger partial charge in [-0.1, -0.05) is 89.4 Å². The monoisotopic (exact) mass is 613 g/mol. The first-order valence-corrected chi connectivity index (χ1v) is 15.6. The van der Waals surface area contributed by atoms with E-state index in [9.17, 15) is 18.0 Å². The van der Waals surface area contributed by atoms with Crippen LogP contribution in [-0.4, -0.2) is 50.5 Å². The van der Waals surface area contributed by atoms with Crippen LogP contribution in [0.3, 0.4) is 0 Å². The van der Waals surface area contributed by atoms with Crippen LogP contribution in [0.15, 0.2) is 83.3 Å². The molecule has 1 unspecified atom stereocenters. The second-order valence-corrected chi connectivity index (χ2v) is 12.4. The number of hydrogen-bond acceptors (Lipinski definition) is 4. The van der Waals surface area contributed by atoms with Crippen LogP contribution in [0.25, 0.3) is 0 Å². The predicted molar refractivity (Wildman–Crippen MR) is 160 cm³/mol. The fourth-order valence-electron chi connectivity index (χ4n) is 4.17. The summed E-state index contributed by atoms with van der Waals surface area (Å²) < 4.78 is 27.5. The number of nitrogens with zero attached hydrogens (tertiary/aromatic N) is 2. The molecule has 0 fully saturated rings. The average molecular weight is 615 g/mol. The molecule has 0 bridgehead atoms. The molecule has 39 heavy (non-hydrogen) atoms. The van der Waals surface area contributed by atoms with Crippen LogP contribution < -0.4 is 9.62 Å². The van der Waals surface area contributed by atoms with Crippen LogP contribution in [0, 0.1) is 6.92 Å². The van der Waals surface area contributed by atoms with Gasteiger partial charge in [0.1, 0.15) is 12.6 Å².